The Morgan fingerprint density at radius 2 is 2.10 bits per heavy atom. The minimum atomic E-state index is 0.0777. The van der Waals surface area contributed by atoms with Crippen LogP contribution < -0.4 is 5.73 Å². The number of amides is 1. The van der Waals surface area contributed by atoms with Crippen molar-refractivity contribution in [3.8, 4) is 11.8 Å². The van der Waals surface area contributed by atoms with Crippen LogP contribution in [0.25, 0.3) is 0 Å². The average Bonchev–Trinajstić information content (AvgIpc) is 2.87. The van der Waals surface area contributed by atoms with Gasteiger partial charge in [-0.2, -0.15) is 0 Å². The summed E-state index contributed by atoms with van der Waals surface area (Å²) in [6.07, 6.45) is 3.57. The van der Waals surface area contributed by atoms with Crippen LogP contribution >= 0.6 is 11.3 Å². The molecule has 0 spiro atoms. The van der Waals surface area contributed by atoms with Crippen molar-refractivity contribution in [2.45, 2.75) is 24.8 Å². The van der Waals surface area contributed by atoms with Gasteiger partial charge >= 0.3 is 0 Å². The molecule has 1 aromatic heterocycles. The van der Waals surface area contributed by atoms with Gasteiger partial charge in [0.1, 0.15) is 0 Å². The Bertz CT molecular complexity index is 564. The normalized spacial score (nSPS) is 16.0. The van der Waals surface area contributed by atoms with Crippen LogP contribution in [0.4, 0.5) is 0 Å². The number of likely N-dealkylation sites (N-methyl/N-ethyl adjacent to an activating group) is 2. The fourth-order valence-corrected chi connectivity index (χ4v) is 3.57. The Morgan fingerprint density at radius 3 is 2.62 bits per heavy atom. The number of hydrogen-bond donors (Lipinski definition) is 1. The molecule has 1 fully saturated rings. The summed E-state index contributed by atoms with van der Waals surface area (Å²) in [5.74, 6) is 5.86. The number of nitrogens with two attached hydrogens (primary N) is 1. The number of rotatable bonds is 4. The predicted octanol–water partition coefficient (Wildman–Crippen LogP) is 1.61. The maximum absolute atomic E-state index is 12.5. The van der Waals surface area contributed by atoms with Crippen molar-refractivity contribution in [3.05, 3.63) is 21.9 Å². The molecule has 2 rings (SSSR count). The van der Waals surface area contributed by atoms with E-state index in [0.29, 0.717) is 6.54 Å². The summed E-state index contributed by atoms with van der Waals surface area (Å²) < 4.78 is 0. The third-order valence-corrected chi connectivity index (χ3v) is 5.23. The third kappa shape index (κ3) is 3.46. The smallest absolute Gasteiger partial charge is 0.263 e. The highest BCUT2D eigenvalue weighted by atomic mass is 32.1. The first-order valence-corrected chi connectivity index (χ1v) is 8.02. The highest BCUT2D eigenvalue weighted by Gasteiger charge is 2.40. The summed E-state index contributed by atoms with van der Waals surface area (Å²) in [6.45, 7) is 1.12. The van der Waals surface area contributed by atoms with Crippen molar-refractivity contribution in [2.75, 3.05) is 34.2 Å². The van der Waals surface area contributed by atoms with Gasteiger partial charge in [0.2, 0.25) is 0 Å². The van der Waals surface area contributed by atoms with E-state index in [9.17, 15) is 4.79 Å². The van der Waals surface area contributed by atoms with Gasteiger partial charge in [0.15, 0.2) is 0 Å². The standard InChI is InChI=1S/C16H23N3OS/c1-18(2)16(9-5-10-16)12-19(3)15(20)14-8-7-13(21-14)6-4-11-17/h7-8H,5,9-12,17H2,1-3H3. The molecule has 4 nitrogen and oxygen atoms in total. The molecule has 1 aromatic rings. The van der Waals surface area contributed by atoms with Crippen LogP contribution in [0, 0.1) is 11.8 Å². The van der Waals surface area contributed by atoms with Gasteiger partial charge < -0.3 is 15.5 Å². The quantitative estimate of drug-likeness (QED) is 0.860. The molecule has 1 aliphatic rings. The molecule has 0 atom stereocenters. The van der Waals surface area contributed by atoms with Crippen LogP contribution in [0.15, 0.2) is 12.1 Å². The molecule has 2 N–H and O–H groups in total. The van der Waals surface area contributed by atoms with Crippen molar-refractivity contribution in [3.63, 3.8) is 0 Å². The summed E-state index contributed by atoms with van der Waals surface area (Å²) in [6, 6.07) is 3.74. The number of carbonyl (C=O) groups excluding carboxylic acids is 1. The van der Waals surface area contributed by atoms with E-state index in [1.54, 1.807) is 0 Å². The zero-order valence-electron chi connectivity index (χ0n) is 13.0. The number of nitrogens with zero attached hydrogens (tertiary/aromatic N) is 2. The van der Waals surface area contributed by atoms with Crippen LogP contribution in [0.2, 0.25) is 0 Å². The molecule has 1 amide bonds. The Hall–Kier alpha value is -1.35. The van der Waals surface area contributed by atoms with Gasteiger partial charge in [-0.05, 0) is 45.5 Å². The second-order valence-corrected chi connectivity index (χ2v) is 6.89. The van der Waals surface area contributed by atoms with E-state index in [1.807, 2.05) is 24.1 Å². The first-order chi connectivity index (χ1) is 9.98. The van der Waals surface area contributed by atoms with E-state index in [4.69, 9.17) is 5.73 Å². The van der Waals surface area contributed by atoms with Crippen LogP contribution in [0.1, 0.15) is 33.8 Å². The first-order valence-electron chi connectivity index (χ1n) is 7.20. The van der Waals surface area contributed by atoms with E-state index >= 15 is 0 Å². The lowest BCUT2D eigenvalue weighted by molar-refractivity contribution is 0.0254. The predicted molar refractivity (Wildman–Crippen MR) is 87.5 cm³/mol. The van der Waals surface area contributed by atoms with Crippen molar-refractivity contribution in [2.24, 2.45) is 5.73 Å². The van der Waals surface area contributed by atoms with Crippen LogP contribution in [0.5, 0.6) is 0 Å². The van der Waals surface area contributed by atoms with Crippen LogP contribution in [-0.2, 0) is 0 Å². The van der Waals surface area contributed by atoms with Crippen molar-refractivity contribution in [1.82, 2.24) is 9.80 Å². The van der Waals surface area contributed by atoms with E-state index in [2.05, 4.69) is 30.8 Å². The lowest BCUT2D eigenvalue weighted by Gasteiger charge is -2.49. The topological polar surface area (TPSA) is 49.6 Å². The Labute approximate surface area is 130 Å². The maximum atomic E-state index is 12.5. The maximum Gasteiger partial charge on any atom is 0.263 e. The Kier molecular flexibility index (Phi) is 5.04. The molecule has 1 saturated carbocycles. The van der Waals surface area contributed by atoms with E-state index in [1.165, 1.54) is 17.8 Å². The van der Waals surface area contributed by atoms with E-state index < -0.39 is 0 Å². The van der Waals surface area contributed by atoms with E-state index in [0.717, 1.165) is 29.1 Å². The largest absolute Gasteiger partial charge is 0.339 e. The zero-order valence-corrected chi connectivity index (χ0v) is 13.8. The fraction of sp³-hybridized carbons (Fsp3) is 0.562. The minimum absolute atomic E-state index is 0.0777. The van der Waals surface area contributed by atoms with Gasteiger partial charge in [-0.15, -0.1) is 11.3 Å². The molecule has 1 aliphatic carbocycles. The van der Waals surface area contributed by atoms with Crippen LogP contribution in [-0.4, -0.2) is 55.5 Å². The van der Waals surface area contributed by atoms with Gasteiger partial charge in [-0.1, -0.05) is 11.8 Å². The molecule has 0 radical (unpaired) electrons. The SMILES string of the molecule is CN(CC1(N(C)C)CCC1)C(=O)c1ccc(C#CCN)s1. The monoisotopic (exact) mass is 305 g/mol. The number of carbonyl (C=O) groups is 1. The van der Waals surface area contributed by atoms with Crippen molar-refractivity contribution >= 4 is 17.2 Å². The molecule has 0 bridgehead atoms. The van der Waals surface area contributed by atoms with Crippen LogP contribution in [0.3, 0.4) is 0 Å². The lowest BCUT2D eigenvalue weighted by atomic mass is 9.75. The molecule has 114 valence electrons. The Balaban J connectivity index is 2.04. The molecule has 1 heterocycles. The molecular weight excluding hydrogens is 282 g/mol. The minimum Gasteiger partial charge on any atom is -0.339 e. The van der Waals surface area contributed by atoms with E-state index in [-0.39, 0.29) is 11.4 Å². The summed E-state index contributed by atoms with van der Waals surface area (Å²) >= 11 is 1.44. The summed E-state index contributed by atoms with van der Waals surface area (Å²) in [4.78, 5) is 18.2. The fourth-order valence-electron chi connectivity index (χ4n) is 2.69. The Morgan fingerprint density at radius 1 is 1.38 bits per heavy atom. The lowest BCUT2D eigenvalue weighted by Crippen LogP contribution is -2.57. The number of thiophene rings is 1. The second kappa shape index (κ2) is 6.61. The van der Waals surface area contributed by atoms with Gasteiger partial charge in [0.25, 0.3) is 5.91 Å². The van der Waals surface area contributed by atoms with Gasteiger partial charge in [-0.25, -0.2) is 0 Å². The summed E-state index contributed by atoms with van der Waals surface area (Å²) in [7, 11) is 6.09. The molecule has 0 aliphatic heterocycles. The highest BCUT2D eigenvalue weighted by Crippen LogP contribution is 2.37. The van der Waals surface area contributed by atoms with Crippen molar-refractivity contribution in [1.29, 1.82) is 0 Å². The molecular formula is C16H23N3OS. The average molecular weight is 305 g/mol. The molecule has 5 heteroatoms. The zero-order chi connectivity index (χ0) is 15.5. The van der Waals surface area contributed by atoms with Crippen molar-refractivity contribution < 1.29 is 4.79 Å². The van der Waals surface area contributed by atoms with Gasteiger partial charge in [-0.3, -0.25) is 4.79 Å². The summed E-state index contributed by atoms with van der Waals surface area (Å²) in [5.41, 5.74) is 5.52. The summed E-state index contributed by atoms with van der Waals surface area (Å²) in [5, 5.41) is 0. The molecule has 0 aromatic carbocycles. The second-order valence-electron chi connectivity index (χ2n) is 5.80. The first kappa shape index (κ1) is 16.0. The number of hydrogen-bond acceptors (Lipinski definition) is 4. The van der Waals surface area contributed by atoms with Gasteiger partial charge in [0, 0.05) is 19.1 Å². The highest BCUT2D eigenvalue weighted by molar-refractivity contribution is 7.14. The molecule has 0 unspecified atom stereocenters. The molecule has 0 saturated heterocycles. The van der Waals surface area contributed by atoms with Gasteiger partial charge in [0.05, 0.1) is 16.3 Å². The third-order valence-electron chi connectivity index (χ3n) is 4.24. The molecule has 21 heavy (non-hydrogen) atoms.